The molecule has 2 fully saturated rings. The van der Waals surface area contributed by atoms with Crippen LogP contribution < -0.4 is 5.73 Å². The van der Waals surface area contributed by atoms with Crippen LogP contribution >= 0.6 is 0 Å². The van der Waals surface area contributed by atoms with Gasteiger partial charge in [0.05, 0.1) is 0 Å². The molecule has 3 rings (SSSR count). The molecule has 2 N–H and O–H groups in total. The van der Waals surface area contributed by atoms with Gasteiger partial charge in [-0.25, -0.2) is 4.39 Å². The number of nitrogens with two attached hydrogens (primary N) is 1. The van der Waals surface area contributed by atoms with Crippen molar-refractivity contribution in [2.45, 2.75) is 56.8 Å². The van der Waals surface area contributed by atoms with E-state index in [1.807, 2.05) is 6.07 Å². The Hall–Kier alpha value is -0.890. The van der Waals surface area contributed by atoms with Crippen molar-refractivity contribution in [3.63, 3.8) is 0 Å². The Morgan fingerprint density at radius 3 is 2.32 bits per heavy atom. The highest BCUT2D eigenvalue weighted by atomic mass is 19.1. The van der Waals surface area contributed by atoms with E-state index in [-0.39, 0.29) is 11.2 Å². The Balaban J connectivity index is 1.80. The van der Waals surface area contributed by atoms with Gasteiger partial charge in [-0.2, -0.15) is 0 Å². The highest BCUT2D eigenvalue weighted by Crippen LogP contribution is 2.60. The van der Waals surface area contributed by atoms with E-state index in [9.17, 15) is 4.39 Å². The van der Waals surface area contributed by atoms with E-state index in [1.54, 1.807) is 6.07 Å². The van der Waals surface area contributed by atoms with Crippen molar-refractivity contribution < 1.29 is 4.39 Å². The van der Waals surface area contributed by atoms with E-state index in [0.717, 1.165) is 5.56 Å². The van der Waals surface area contributed by atoms with E-state index in [2.05, 4.69) is 6.07 Å². The lowest BCUT2D eigenvalue weighted by Gasteiger charge is -2.57. The van der Waals surface area contributed by atoms with Crippen molar-refractivity contribution >= 4 is 0 Å². The molecule has 1 aromatic carbocycles. The standard InChI is InChI=1S/C17H24FN/c18-15-7-5-6-14(10-15)17(13-19)11-16(12-17)8-3-1-2-4-9-16/h5-7,10H,1-4,8-9,11-13,19H2. The molecule has 0 atom stereocenters. The minimum absolute atomic E-state index is 0.0481. The number of halogens is 1. The van der Waals surface area contributed by atoms with Crippen LogP contribution in [0.4, 0.5) is 4.39 Å². The van der Waals surface area contributed by atoms with Crippen LogP contribution in [0.5, 0.6) is 0 Å². The molecule has 1 nitrogen and oxygen atoms in total. The first-order valence-corrected chi connectivity index (χ1v) is 7.64. The Kier molecular flexibility index (Phi) is 3.38. The van der Waals surface area contributed by atoms with Crippen LogP contribution in [-0.4, -0.2) is 6.54 Å². The van der Waals surface area contributed by atoms with Crippen LogP contribution in [0.1, 0.15) is 56.9 Å². The summed E-state index contributed by atoms with van der Waals surface area (Å²) in [6.45, 7) is 0.651. The molecule has 0 bridgehead atoms. The summed E-state index contributed by atoms with van der Waals surface area (Å²) in [6.07, 6.45) is 10.5. The zero-order valence-corrected chi connectivity index (χ0v) is 11.6. The molecule has 2 aliphatic carbocycles. The highest BCUT2D eigenvalue weighted by molar-refractivity contribution is 5.32. The van der Waals surface area contributed by atoms with Gasteiger partial charge in [-0.15, -0.1) is 0 Å². The summed E-state index contributed by atoms with van der Waals surface area (Å²) in [5.74, 6) is -0.132. The zero-order chi connectivity index (χ0) is 13.3. The molecular weight excluding hydrogens is 237 g/mol. The minimum Gasteiger partial charge on any atom is -0.330 e. The van der Waals surface area contributed by atoms with Gasteiger partial charge in [-0.1, -0.05) is 37.8 Å². The minimum atomic E-state index is -0.132. The molecule has 2 heteroatoms. The zero-order valence-electron chi connectivity index (χ0n) is 11.6. The van der Waals surface area contributed by atoms with Gasteiger partial charge in [-0.05, 0) is 48.8 Å². The summed E-state index contributed by atoms with van der Waals surface area (Å²) in [4.78, 5) is 0. The van der Waals surface area contributed by atoms with Crippen LogP contribution in [0.2, 0.25) is 0 Å². The molecule has 0 saturated heterocycles. The predicted molar refractivity (Wildman–Crippen MR) is 76.5 cm³/mol. The van der Waals surface area contributed by atoms with Crippen molar-refractivity contribution in [3.8, 4) is 0 Å². The van der Waals surface area contributed by atoms with Crippen molar-refractivity contribution in [2.75, 3.05) is 6.54 Å². The van der Waals surface area contributed by atoms with E-state index < -0.39 is 0 Å². The molecule has 19 heavy (non-hydrogen) atoms. The van der Waals surface area contributed by atoms with Gasteiger partial charge < -0.3 is 5.73 Å². The maximum Gasteiger partial charge on any atom is 0.123 e. The molecule has 0 aromatic heterocycles. The first-order chi connectivity index (χ1) is 9.18. The van der Waals surface area contributed by atoms with Crippen LogP contribution in [0.25, 0.3) is 0 Å². The second kappa shape index (κ2) is 4.90. The lowest BCUT2D eigenvalue weighted by Crippen LogP contribution is -2.53. The Morgan fingerprint density at radius 1 is 1.05 bits per heavy atom. The summed E-state index contributed by atoms with van der Waals surface area (Å²) < 4.78 is 13.5. The third-order valence-corrected chi connectivity index (χ3v) is 5.42. The first kappa shape index (κ1) is 13.1. The third kappa shape index (κ3) is 2.31. The topological polar surface area (TPSA) is 26.0 Å². The van der Waals surface area contributed by atoms with Gasteiger partial charge in [0.2, 0.25) is 0 Å². The third-order valence-electron chi connectivity index (χ3n) is 5.42. The van der Waals surface area contributed by atoms with Gasteiger partial charge in [0.15, 0.2) is 0 Å². The average Bonchev–Trinajstić information content (AvgIpc) is 2.62. The number of benzene rings is 1. The number of rotatable bonds is 2. The second-order valence-electron chi connectivity index (χ2n) is 6.76. The molecular formula is C17H24FN. The lowest BCUT2D eigenvalue weighted by molar-refractivity contribution is 0.0111. The van der Waals surface area contributed by atoms with Gasteiger partial charge in [0.1, 0.15) is 5.82 Å². The van der Waals surface area contributed by atoms with E-state index in [1.165, 1.54) is 57.4 Å². The van der Waals surface area contributed by atoms with E-state index in [4.69, 9.17) is 5.73 Å². The molecule has 1 aromatic rings. The normalized spacial score (nSPS) is 24.7. The molecule has 0 amide bonds. The van der Waals surface area contributed by atoms with Crippen LogP contribution in [-0.2, 0) is 5.41 Å². The fourth-order valence-corrected chi connectivity index (χ4v) is 4.50. The highest BCUT2D eigenvalue weighted by Gasteiger charge is 2.53. The molecule has 104 valence electrons. The maximum atomic E-state index is 13.5. The quantitative estimate of drug-likeness (QED) is 0.850. The predicted octanol–water partition coefficient (Wildman–Crippen LogP) is 4.16. The van der Waals surface area contributed by atoms with Crippen molar-refractivity contribution in [3.05, 3.63) is 35.6 Å². The van der Waals surface area contributed by atoms with Gasteiger partial charge in [0.25, 0.3) is 0 Å². The fraction of sp³-hybridized carbons (Fsp3) is 0.647. The second-order valence-corrected chi connectivity index (χ2v) is 6.76. The SMILES string of the molecule is NCC1(c2cccc(F)c2)CC2(CCCCCC2)C1. The van der Waals surface area contributed by atoms with Crippen molar-refractivity contribution in [2.24, 2.45) is 11.1 Å². The monoisotopic (exact) mass is 261 g/mol. The Labute approximate surface area is 115 Å². The van der Waals surface area contributed by atoms with Gasteiger partial charge in [-0.3, -0.25) is 0 Å². The smallest absolute Gasteiger partial charge is 0.123 e. The largest absolute Gasteiger partial charge is 0.330 e. The fourth-order valence-electron chi connectivity index (χ4n) is 4.50. The summed E-state index contributed by atoms with van der Waals surface area (Å²) in [5, 5.41) is 0. The molecule has 1 spiro atoms. The molecule has 0 heterocycles. The summed E-state index contributed by atoms with van der Waals surface area (Å²) >= 11 is 0. The molecule has 0 aliphatic heterocycles. The lowest BCUT2D eigenvalue weighted by atomic mass is 9.48. The van der Waals surface area contributed by atoms with Gasteiger partial charge in [0, 0.05) is 12.0 Å². The number of hydrogen-bond acceptors (Lipinski definition) is 1. The van der Waals surface area contributed by atoms with Crippen molar-refractivity contribution in [1.29, 1.82) is 0 Å². The van der Waals surface area contributed by atoms with Crippen LogP contribution in [0, 0.1) is 11.2 Å². The molecule has 0 radical (unpaired) electrons. The van der Waals surface area contributed by atoms with Gasteiger partial charge >= 0.3 is 0 Å². The number of hydrogen-bond donors (Lipinski definition) is 1. The van der Waals surface area contributed by atoms with Crippen molar-refractivity contribution in [1.82, 2.24) is 0 Å². The summed E-state index contributed by atoms with van der Waals surface area (Å²) in [5.41, 5.74) is 7.74. The Morgan fingerprint density at radius 2 is 1.74 bits per heavy atom. The van der Waals surface area contributed by atoms with E-state index >= 15 is 0 Å². The summed E-state index contributed by atoms with van der Waals surface area (Å²) in [7, 11) is 0. The van der Waals surface area contributed by atoms with E-state index in [0.29, 0.717) is 12.0 Å². The molecule has 2 aliphatic rings. The van der Waals surface area contributed by atoms with Crippen LogP contribution in [0.3, 0.4) is 0 Å². The van der Waals surface area contributed by atoms with Crippen LogP contribution in [0.15, 0.2) is 24.3 Å². The Bertz CT molecular complexity index is 438. The first-order valence-electron chi connectivity index (χ1n) is 7.64. The average molecular weight is 261 g/mol. The molecule has 2 saturated carbocycles. The summed E-state index contributed by atoms with van der Waals surface area (Å²) in [6, 6.07) is 7.09. The maximum absolute atomic E-state index is 13.5. The molecule has 0 unspecified atom stereocenters.